The van der Waals surface area contributed by atoms with Crippen LogP contribution in [0.15, 0.2) is 12.2 Å². The molecule has 0 spiro atoms. The number of piperidine rings is 1. The molecule has 0 aromatic carbocycles. The van der Waals surface area contributed by atoms with Gasteiger partial charge in [0.1, 0.15) is 5.78 Å². The van der Waals surface area contributed by atoms with Crippen LogP contribution in [0.2, 0.25) is 0 Å². The Morgan fingerprint density at radius 1 is 1.41 bits per heavy atom. The molecule has 0 saturated carbocycles. The average molecular weight is 235 g/mol. The lowest BCUT2D eigenvalue weighted by Crippen LogP contribution is -2.55. The molecule has 1 fully saturated rings. The Morgan fingerprint density at radius 2 is 2.00 bits per heavy atom. The second-order valence-corrected chi connectivity index (χ2v) is 6.16. The van der Waals surface area contributed by atoms with Crippen molar-refractivity contribution in [3.05, 3.63) is 12.2 Å². The number of likely N-dealkylation sites (tertiary alicyclic amines) is 1. The van der Waals surface area contributed by atoms with Crippen molar-refractivity contribution < 1.29 is 9.59 Å². The Bertz CT molecular complexity index is 376. The first-order valence-electron chi connectivity index (χ1n) is 6.33. The third-order valence-electron chi connectivity index (χ3n) is 3.70. The predicted molar refractivity (Wildman–Crippen MR) is 66.6 cm³/mol. The van der Waals surface area contributed by atoms with E-state index in [0.717, 1.165) is 6.54 Å². The molecule has 2 rings (SSSR count). The van der Waals surface area contributed by atoms with E-state index in [0.29, 0.717) is 12.6 Å². The number of hydrogen-bond acceptors (Lipinski definition) is 3. The number of hydrogen-bond donors (Lipinski definition) is 0. The Labute approximate surface area is 103 Å². The van der Waals surface area contributed by atoms with E-state index in [4.69, 9.17) is 0 Å². The second kappa shape index (κ2) is 4.05. The van der Waals surface area contributed by atoms with E-state index in [9.17, 15) is 9.59 Å². The van der Waals surface area contributed by atoms with Gasteiger partial charge in [-0.15, -0.1) is 0 Å². The van der Waals surface area contributed by atoms with Crippen LogP contribution < -0.4 is 0 Å². The highest BCUT2D eigenvalue weighted by Gasteiger charge is 2.46. The maximum absolute atomic E-state index is 12.3. The number of ketones is 2. The predicted octanol–water partition coefficient (Wildman–Crippen LogP) is 1.68. The summed E-state index contributed by atoms with van der Waals surface area (Å²) in [6.45, 7) is 8.99. The summed E-state index contributed by atoms with van der Waals surface area (Å²) in [6.07, 6.45) is 4.23. The summed E-state index contributed by atoms with van der Waals surface area (Å²) >= 11 is 0. The number of rotatable bonds is 3. The molecule has 1 aliphatic carbocycles. The van der Waals surface area contributed by atoms with Gasteiger partial charge in [0.2, 0.25) is 0 Å². The summed E-state index contributed by atoms with van der Waals surface area (Å²) in [7, 11) is 0. The van der Waals surface area contributed by atoms with Crippen LogP contribution in [0.4, 0.5) is 0 Å². The van der Waals surface area contributed by atoms with Gasteiger partial charge in [-0.05, 0) is 0 Å². The quantitative estimate of drug-likeness (QED) is 0.551. The van der Waals surface area contributed by atoms with Crippen LogP contribution in [0.3, 0.4) is 0 Å². The van der Waals surface area contributed by atoms with Gasteiger partial charge in [0.15, 0.2) is 5.78 Å². The molecule has 3 heteroatoms. The van der Waals surface area contributed by atoms with Crippen molar-refractivity contribution in [1.29, 1.82) is 0 Å². The lowest BCUT2D eigenvalue weighted by atomic mass is 9.74. The summed E-state index contributed by atoms with van der Waals surface area (Å²) in [5.41, 5.74) is -0.405. The molecular formula is C14H21NO2. The van der Waals surface area contributed by atoms with Crippen molar-refractivity contribution >= 4 is 11.6 Å². The van der Waals surface area contributed by atoms with E-state index in [-0.39, 0.29) is 17.5 Å². The maximum atomic E-state index is 12.3. The van der Waals surface area contributed by atoms with Crippen LogP contribution in [0.5, 0.6) is 0 Å². The number of carbonyl (C=O) groups excluding carboxylic acids is 2. The van der Waals surface area contributed by atoms with Crippen molar-refractivity contribution in [1.82, 2.24) is 4.90 Å². The topological polar surface area (TPSA) is 37.4 Å². The third kappa shape index (κ3) is 2.34. The highest BCUT2D eigenvalue weighted by molar-refractivity contribution is 6.06. The Kier molecular flexibility index (Phi) is 2.98. The third-order valence-corrected chi connectivity index (χ3v) is 3.70. The van der Waals surface area contributed by atoms with Crippen molar-refractivity contribution in [3.63, 3.8) is 0 Å². The monoisotopic (exact) mass is 235 g/mol. The van der Waals surface area contributed by atoms with Crippen LogP contribution in [-0.2, 0) is 9.59 Å². The van der Waals surface area contributed by atoms with Gasteiger partial charge >= 0.3 is 0 Å². The minimum Gasteiger partial charge on any atom is -0.299 e. The van der Waals surface area contributed by atoms with Crippen molar-refractivity contribution in [2.45, 2.75) is 33.7 Å². The van der Waals surface area contributed by atoms with Crippen LogP contribution in [0, 0.1) is 17.3 Å². The van der Waals surface area contributed by atoms with Gasteiger partial charge in [0.25, 0.3) is 0 Å². The van der Waals surface area contributed by atoms with Gasteiger partial charge in [0.05, 0.1) is 5.92 Å². The molecule has 1 aliphatic heterocycles. The molecule has 1 unspecified atom stereocenters. The standard InChI is InChI=1S/C14H21NO2/c1-9(2)12(16)11-7-15(10-5-6-10)8-14(3,4)13(11)17/h5-6,9-11H,7-8H2,1-4H3. The van der Waals surface area contributed by atoms with Crippen LogP contribution in [0.25, 0.3) is 0 Å². The Morgan fingerprint density at radius 3 is 2.47 bits per heavy atom. The van der Waals surface area contributed by atoms with Crippen LogP contribution in [-0.4, -0.2) is 35.6 Å². The molecule has 3 nitrogen and oxygen atoms in total. The molecule has 1 saturated heterocycles. The van der Waals surface area contributed by atoms with E-state index in [2.05, 4.69) is 17.1 Å². The normalized spacial score (nSPS) is 28.8. The minimum atomic E-state index is -0.429. The molecule has 0 bridgehead atoms. The zero-order chi connectivity index (χ0) is 12.8. The summed E-state index contributed by atoms with van der Waals surface area (Å²) in [5, 5.41) is 0. The fourth-order valence-corrected chi connectivity index (χ4v) is 2.58. The molecule has 0 aromatic rings. The highest BCUT2D eigenvalue weighted by Crippen LogP contribution is 2.33. The molecular weight excluding hydrogens is 214 g/mol. The maximum Gasteiger partial charge on any atom is 0.151 e. The summed E-state index contributed by atoms with van der Waals surface area (Å²) < 4.78 is 0. The first-order chi connectivity index (χ1) is 7.83. The molecule has 1 heterocycles. The number of nitrogens with zero attached hydrogens (tertiary/aromatic N) is 1. The Balaban J connectivity index is 2.18. The van der Waals surface area contributed by atoms with Gasteiger partial charge in [-0.1, -0.05) is 39.8 Å². The van der Waals surface area contributed by atoms with Crippen molar-refractivity contribution in [2.24, 2.45) is 17.3 Å². The average Bonchev–Trinajstić information content (AvgIpc) is 3.04. The van der Waals surface area contributed by atoms with E-state index < -0.39 is 11.3 Å². The zero-order valence-corrected chi connectivity index (χ0v) is 11.1. The second-order valence-electron chi connectivity index (χ2n) is 6.16. The molecule has 1 atom stereocenters. The largest absolute Gasteiger partial charge is 0.299 e. The van der Waals surface area contributed by atoms with Crippen LogP contribution in [0.1, 0.15) is 27.7 Å². The van der Waals surface area contributed by atoms with Crippen LogP contribution >= 0.6 is 0 Å². The fourth-order valence-electron chi connectivity index (χ4n) is 2.58. The molecule has 2 aliphatic rings. The van der Waals surface area contributed by atoms with E-state index in [1.54, 1.807) is 0 Å². The smallest absolute Gasteiger partial charge is 0.151 e. The van der Waals surface area contributed by atoms with Gasteiger partial charge < -0.3 is 0 Å². The highest BCUT2D eigenvalue weighted by atomic mass is 16.2. The van der Waals surface area contributed by atoms with Gasteiger partial charge in [-0.3, -0.25) is 14.5 Å². The zero-order valence-electron chi connectivity index (χ0n) is 11.1. The first kappa shape index (κ1) is 12.5. The molecule has 0 N–H and O–H groups in total. The lowest BCUT2D eigenvalue weighted by Gasteiger charge is -2.41. The minimum absolute atomic E-state index is 0.0631. The van der Waals surface area contributed by atoms with E-state index >= 15 is 0 Å². The number of Topliss-reactive ketones (excluding diaryl/α,β-unsaturated/α-hetero) is 2. The SMILES string of the molecule is CC(C)C(=O)C1CN(C2C=C2)CC(C)(C)C1=O. The molecule has 0 aromatic heterocycles. The lowest BCUT2D eigenvalue weighted by molar-refractivity contribution is -0.145. The Hall–Kier alpha value is -0.960. The summed E-state index contributed by atoms with van der Waals surface area (Å²) in [5.74, 6) is -0.283. The molecule has 94 valence electrons. The fraction of sp³-hybridized carbons (Fsp3) is 0.714. The first-order valence-corrected chi connectivity index (χ1v) is 6.33. The van der Waals surface area contributed by atoms with Gasteiger partial charge in [0, 0.05) is 30.5 Å². The molecule has 17 heavy (non-hydrogen) atoms. The number of carbonyl (C=O) groups is 2. The van der Waals surface area contributed by atoms with E-state index in [1.165, 1.54) is 0 Å². The summed E-state index contributed by atoms with van der Waals surface area (Å²) in [4.78, 5) is 26.7. The molecule has 0 radical (unpaired) electrons. The van der Waals surface area contributed by atoms with Crippen molar-refractivity contribution in [3.8, 4) is 0 Å². The van der Waals surface area contributed by atoms with E-state index in [1.807, 2.05) is 27.7 Å². The van der Waals surface area contributed by atoms with Crippen molar-refractivity contribution in [2.75, 3.05) is 13.1 Å². The molecule has 0 amide bonds. The van der Waals surface area contributed by atoms with Gasteiger partial charge in [-0.25, -0.2) is 0 Å². The summed E-state index contributed by atoms with van der Waals surface area (Å²) in [6, 6.07) is 0.379. The van der Waals surface area contributed by atoms with Gasteiger partial charge in [-0.2, -0.15) is 0 Å².